The molecule has 1 aromatic rings. The summed E-state index contributed by atoms with van der Waals surface area (Å²) in [7, 11) is 0. The molecule has 110 valence electrons. The quantitative estimate of drug-likeness (QED) is 0.809. The fraction of sp³-hybridized carbons (Fsp3) is 0.533. The van der Waals surface area contributed by atoms with Gasteiger partial charge in [0.1, 0.15) is 0 Å². The van der Waals surface area contributed by atoms with Gasteiger partial charge in [0, 0.05) is 29.8 Å². The molecule has 0 unspecified atom stereocenters. The van der Waals surface area contributed by atoms with Gasteiger partial charge in [-0.15, -0.1) is 0 Å². The lowest BCUT2D eigenvalue weighted by atomic mass is 10.1. The standard InChI is InChI=1S/C15H22BrN3O/c1-2-6-17-10-12-4-5-13(16)9-14(12)19-8-3-7-18-15(20)11-19/h4-5,9,17H,2-3,6-8,10-11H2,1H3,(H,18,20). The van der Waals surface area contributed by atoms with E-state index in [2.05, 4.69) is 56.6 Å². The smallest absolute Gasteiger partial charge is 0.239 e. The summed E-state index contributed by atoms with van der Waals surface area (Å²) < 4.78 is 1.05. The molecule has 1 fully saturated rings. The molecule has 4 nitrogen and oxygen atoms in total. The van der Waals surface area contributed by atoms with Crippen molar-refractivity contribution in [2.24, 2.45) is 0 Å². The fourth-order valence-electron chi connectivity index (χ4n) is 2.39. The third-order valence-electron chi connectivity index (χ3n) is 3.39. The van der Waals surface area contributed by atoms with Crippen LogP contribution in [0.25, 0.3) is 0 Å². The first-order chi connectivity index (χ1) is 9.70. The summed E-state index contributed by atoms with van der Waals surface area (Å²) in [6, 6.07) is 6.30. The molecular weight excluding hydrogens is 318 g/mol. The van der Waals surface area contributed by atoms with Crippen molar-refractivity contribution < 1.29 is 4.79 Å². The average molecular weight is 340 g/mol. The average Bonchev–Trinajstić information content (AvgIpc) is 2.65. The van der Waals surface area contributed by atoms with Crippen LogP contribution in [0.1, 0.15) is 25.3 Å². The van der Waals surface area contributed by atoms with Gasteiger partial charge in [-0.3, -0.25) is 4.79 Å². The van der Waals surface area contributed by atoms with Gasteiger partial charge in [-0.1, -0.05) is 28.9 Å². The topological polar surface area (TPSA) is 44.4 Å². The van der Waals surface area contributed by atoms with E-state index in [0.29, 0.717) is 6.54 Å². The Morgan fingerprint density at radius 3 is 3.10 bits per heavy atom. The van der Waals surface area contributed by atoms with Gasteiger partial charge in [0.15, 0.2) is 0 Å². The molecule has 2 rings (SSSR count). The van der Waals surface area contributed by atoms with E-state index >= 15 is 0 Å². The van der Waals surface area contributed by atoms with E-state index in [1.54, 1.807) is 0 Å². The summed E-state index contributed by atoms with van der Waals surface area (Å²) in [5, 5.41) is 6.36. The van der Waals surface area contributed by atoms with Crippen LogP contribution in [-0.4, -0.2) is 32.1 Å². The van der Waals surface area contributed by atoms with Crippen molar-refractivity contribution in [1.82, 2.24) is 10.6 Å². The Morgan fingerprint density at radius 2 is 2.30 bits per heavy atom. The summed E-state index contributed by atoms with van der Waals surface area (Å²) in [6.45, 7) is 6.14. The molecule has 1 heterocycles. The first-order valence-electron chi connectivity index (χ1n) is 7.21. The van der Waals surface area contributed by atoms with Crippen LogP contribution in [0.4, 0.5) is 5.69 Å². The molecule has 0 spiro atoms. The second kappa shape index (κ2) is 7.64. The Balaban J connectivity index is 2.18. The zero-order valence-corrected chi connectivity index (χ0v) is 13.5. The number of nitrogens with one attached hydrogen (secondary N) is 2. The number of anilines is 1. The lowest BCUT2D eigenvalue weighted by molar-refractivity contribution is -0.119. The van der Waals surface area contributed by atoms with Gasteiger partial charge in [-0.25, -0.2) is 0 Å². The van der Waals surface area contributed by atoms with Crippen LogP contribution in [0.5, 0.6) is 0 Å². The maximum absolute atomic E-state index is 11.7. The molecular formula is C15H22BrN3O. The molecule has 0 aromatic heterocycles. The van der Waals surface area contributed by atoms with Gasteiger partial charge < -0.3 is 15.5 Å². The SMILES string of the molecule is CCCNCc1ccc(Br)cc1N1CCCNC(=O)C1. The van der Waals surface area contributed by atoms with E-state index in [-0.39, 0.29) is 5.91 Å². The second-order valence-electron chi connectivity index (χ2n) is 5.07. The Kier molecular flexibility index (Phi) is 5.86. The molecule has 0 bridgehead atoms. The van der Waals surface area contributed by atoms with Gasteiger partial charge in [0.05, 0.1) is 6.54 Å². The van der Waals surface area contributed by atoms with E-state index < -0.39 is 0 Å². The van der Waals surface area contributed by atoms with E-state index in [0.717, 1.165) is 49.2 Å². The van der Waals surface area contributed by atoms with E-state index in [9.17, 15) is 4.79 Å². The number of hydrogen-bond acceptors (Lipinski definition) is 3. The minimum Gasteiger partial charge on any atom is -0.362 e. The Morgan fingerprint density at radius 1 is 1.45 bits per heavy atom. The molecule has 0 aliphatic carbocycles. The highest BCUT2D eigenvalue weighted by Crippen LogP contribution is 2.26. The number of nitrogens with zero attached hydrogens (tertiary/aromatic N) is 1. The predicted octanol–water partition coefficient (Wildman–Crippen LogP) is 2.28. The normalized spacial score (nSPS) is 15.9. The van der Waals surface area contributed by atoms with Crippen molar-refractivity contribution in [1.29, 1.82) is 0 Å². The molecule has 1 aliphatic rings. The first-order valence-corrected chi connectivity index (χ1v) is 8.01. The van der Waals surface area contributed by atoms with Crippen LogP contribution in [0.15, 0.2) is 22.7 Å². The zero-order valence-electron chi connectivity index (χ0n) is 11.9. The molecule has 1 aromatic carbocycles. The van der Waals surface area contributed by atoms with Crippen molar-refractivity contribution in [2.75, 3.05) is 31.1 Å². The van der Waals surface area contributed by atoms with Crippen LogP contribution >= 0.6 is 15.9 Å². The minimum atomic E-state index is 0.106. The third-order valence-corrected chi connectivity index (χ3v) is 3.88. The van der Waals surface area contributed by atoms with Crippen molar-refractivity contribution in [3.05, 3.63) is 28.2 Å². The van der Waals surface area contributed by atoms with Crippen molar-refractivity contribution in [2.45, 2.75) is 26.3 Å². The molecule has 0 atom stereocenters. The molecule has 20 heavy (non-hydrogen) atoms. The minimum absolute atomic E-state index is 0.106. The molecule has 1 aliphatic heterocycles. The summed E-state index contributed by atoms with van der Waals surface area (Å²) in [4.78, 5) is 13.9. The van der Waals surface area contributed by atoms with Crippen LogP contribution in [0.2, 0.25) is 0 Å². The maximum Gasteiger partial charge on any atom is 0.239 e. The molecule has 0 saturated carbocycles. The van der Waals surface area contributed by atoms with E-state index in [1.807, 2.05) is 0 Å². The van der Waals surface area contributed by atoms with Crippen molar-refractivity contribution in [3.63, 3.8) is 0 Å². The highest BCUT2D eigenvalue weighted by Gasteiger charge is 2.17. The van der Waals surface area contributed by atoms with Gasteiger partial charge in [-0.2, -0.15) is 0 Å². The number of rotatable bonds is 5. The fourth-order valence-corrected chi connectivity index (χ4v) is 2.74. The van der Waals surface area contributed by atoms with Gasteiger partial charge in [0.2, 0.25) is 5.91 Å². The van der Waals surface area contributed by atoms with Crippen LogP contribution in [0.3, 0.4) is 0 Å². The first kappa shape index (κ1) is 15.3. The summed E-state index contributed by atoms with van der Waals surface area (Å²) >= 11 is 3.53. The lowest BCUT2D eigenvalue weighted by Crippen LogP contribution is -2.33. The van der Waals surface area contributed by atoms with Crippen LogP contribution < -0.4 is 15.5 Å². The number of benzene rings is 1. The number of carbonyl (C=O) groups excluding carboxylic acids is 1. The zero-order chi connectivity index (χ0) is 14.4. The molecule has 5 heteroatoms. The highest BCUT2D eigenvalue weighted by atomic mass is 79.9. The van der Waals surface area contributed by atoms with E-state index in [4.69, 9.17) is 0 Å². The number of halogens is 1. The van der Waals surface area contributed by atoms with Crippen molar-refractivity contribution in [3.8, 4) is 0 Å². The predicted molar refractivity (Wildman–Crippen MR) is 86.0 cm³/mol. The van der Waals surface area contributed by atoms with Gasteiger partial charge in [0.25, 0.3) is 0 Å². The van der Waals surface area contributed by atoms with E-state index in [1.165, 1.54) is 5.56 Å². The Labute approximate surface area is 129 Å². The molecule has 1 amide bonds. The summed E-state index contributed by atoms with van der Waals surface area (Å²) in [6.07, 6.45) is 2.11. The second-order valence-corrected chi connectivity index (χ2v) is 5.99. The van der Waals surface area contributed by atoms with Crippen molar-refractivity contribution >= 4 is 27.5 Å². The summed E-state index contributed by atoms with van der Waals surface area (Å²) in [5.41, 5.74) is 2.40. The third kappa shape index (κ3) is 4.21. The van der Waals surface area contributed by atoms with Gasteiger partial charge >= 0.3 is 0 Å². The molecule has 0 radical (unpaired) electrons. The van der Waals surface area contributed by atoms with Gasteiger partial charge in [-0.05, 0) is 37.1 Å². The Hall–Kier alpha value is -1.07. The highest BCUT2D eigenvalue weighted by molar-refractivity contribution is 9.10. The van der Waals surface area contributed by atoms with Crippen LogP contribution in [0, 0.1) is 0 Å². The summed E-state index contributed by atoms with van der Waals surface area (Å²) in [5.74, 6) is 0.106. The number of amides is 1. The molecule has 2 N–H and O–H groups in total. The maximum atomic E-state index is 11.7. The van der Waals surface area contributed by atoms with Crippen LogP contribution in [-0.2, 0) is 11.3 Å². The monoisotopic (exact) mass is 339 g/mol. The lowest BCUT2D eigenvalue weighted by Gasteiger charge is -2.25. The number of carbonyl (C=O) groups is 1. The number of hydrogen-bond donors (Lipinski definition) is 2. The Bertz CT molecular complexity index is 464. The largest absolute Gasteiger partial charge is 0.362 e. The molecule has 1 saturated heterocycles.